The quantitative estimate of drug-likeness (QED) is 0.906. The summed E-state index contributed by atoms with van der Waals surface area (Å²) in [4.78, 5) is 0.916. The predicted octanol–water partition coefficient (Wildman–Crippen LogP) is 1.46. The first-order valence-electron chi connectivity index (χ1n) is 7.03. The van der Waals surface area contributed by atoms with E-state index in [1.54, 1.807) is 11.3 Å². The van der Waals surface area contributed by atoms with Gasteiger partial charge in [-0.15, -0.1) is 10.2 Å². The molecule has 1 atom stereocenters. The van der Waals surface area contributed by atoms with E-state index in [-0.39, 0.29) is 0 Å². The van der Waals surface area contributed by atoms with Crippen LogP contribution >= 0.6 is 23.1 Å². The standard InChI is InChI=1S/C12H17N5OS2/c1-4-18-5-2-8(1)10-14-15-12-17(10)16-11(20-12)9-7-19-6-3-13-9/h8-9,13H,1-7H2. The molecule has 0 saturated carbocycles. The highest BCUT2D eigenvalue weighted by Gasteiger charge is 2.25. The number of aromatic nitrogens is 4. The van der Waals surface area contributed by atoms with E-state index in [9.17, 15) is 0 Å². The minimum Gasteiger partial charge on any atom is -0.381 e. The Hall–Kier alpha value is -0.700. The van der Waals surface area contributed by atoms with Crippen molar-refractivity contribution in [1.82, 2.24) is 25.1 Å². The van der Waals surface area contributed by atoms with Crippen LogP contribution in [-0.2, 0) is 4.74 Å². The van der Waals surface area contributed by atoms with E-state index < -0.39 is 0 Å². The van der Waals surface area contributed by atoms with Gasteiger partial charge in [-0.05, 0) is 12.8 Å². The van der Waals surface area contributed by atoms with Crippen molar-refractivity contribution in [3.63, 3.8) is 0 Å². The molecule has 0 spiro atoms. The molecule has 20 heavy (non-hydrogen) atoms. The van der Waals surface area contributed by atoms with E-state index >= 15 is 0 Å². The minimum absolute atomic E-state index is 0.364. The van der Waals surface area contributed by atoms with Crippen molar-refractivity contribution in [3.05, 3.63) is 10.8 Å². The fourth-order valence-electron chi connectivity index (χ4n) is 2.72. The van der Waals surface area contributed by atoms with Crippen LogP contribution in [0, 0.1) is 0 Å². The van der Waals surface area contributed by atoms with Gasteiger partial charge in [0.2, 0.25) is 4.96 Å². The summed E-state index contributed by atoms with van der Waals surface area (Å²) in [6.07, 6.45) is 2.04. The minimum atomic E-state index is 0.364. The normalized spacial score (nSPS) is 25.3. The molecule has 4 rings (SSSR count). The molecule has 0 amide bonds. The molecule has 108 valence electrons. The topological polar surface area (TPSA) is 64.3 Å². The van der Waals surface area contributed by atoms with Gasteiger partial charge in [-0.25, -0.2) is 0 Å². The first-order chi connectivity index (χ1) is 9.92. The SMILES string of the molecule is C1CSCC(c2nn3c(C4CCOCC4)nnc3s2)N1. The molecule has 2 saturated heterocycles. The highest BCUT2D eigenvalue weighted by Crippen LogP contribution is 2.30. The largest absolute Gasteiger partial charge is 0.381 e. The monoisotopic (exact) mass is 311 g/mol. The van der Waals surface area contributed by atoms with E-state index in [1.165, 1.54) is 5.75 Å². The Balaban J connectivity index is 1.63. The summed E-state index contributed by atoms with van der Waals surface area (Å²) >= 11 is 3.64. The summed E-state index contributed by atoms with van der Waals surface area (Å²) in [7, 11) is 0. The summed E-state index contributed by atoms with van der Waals surface area (Å²) in [5, 5.41) is 18.1. The van der Waals surface area contributed by atoms with E-state index in [0.29, 0.717) is 12.0 Å². The van der Waals surface area contributed by atoms with Crippen LogP contribution in [0.1, 0.15) is 35.6 Å². The van der Waals surface area contributed by atoms with Gasteiger partial charge in [0.25, 0.3) is 0 Å². The van der Waals surface area contributed by atoms with Crippen LogP contribution in [0.3, 0.4) is 0 Å². The summed E-state index contributed by atoms with van der Waals surface area (Å²) < 4.78 is 7.38. The molecular weight excluding hydrogens is 294 g/mol. The van der Waals surface area contributed by atoms with Crippen molar-refractivity contribution in [3.8, 4) is 0 Å². The molecule has 2 fully saturated rings. The molecule has 0 bridgehead atoms. The zero-order valence-electron chi connectivity index (χ0n) is 11.1. The maximum atomic E-state index is 5.42. The van der Waals surface area contributed by atoms with Crippen molar-refractivity contribution in [2.45, 2.75) is 24.8 Å². The Morgan fingerprint density at radius 2 is 2.15 bits per heavy atom. The van der Waals surface area contributed by atoms with Crippen LogP contribution in [-0.4, -0.2) is 51.1 Å². The van der Waals surface area contributed by atoms with Crippen LogP contribution in [0.15, 0.2) is 0 Å². The first-order valence-corrected chi connectivity index (χ1v) is 9.00. The zero-order valence-corrected chi connectivity index (χ0v) is 12.8. The third-order valence-electron chi connectivity index (χ3n) is 3.84. The Morgan fingerprint density at radius 3 is 2.95 bits per heavy atom. The van der Waals surface area contributed by atoms with Gasteiger partial charge in [0.15, 0.2) is 5.82 Å². The van der Waals surface area contributed by atoms with Crippen LogP contribution in [0.4, 0.5) is 0 Å². The molecular formula is C12H17N5OS2. The van der Waals surface area contributed by atoms with Gasteiger partial charge in [0.1, 0.15) is 5.01 Å². The van der Waals surface area contributed by atoms with Gasteiger partial charge in [-0.2, -0.15) is 21.4 Å². The Labute approximate surface area is 125 Å². The fraction of sp³-hybridized carbons (Fsp3) is 0.750. The molecule has 2 aromatic heterocycles. The molecule has 2 aromatic rings. The smallest absolute Gasteiger partial charge is 0.234 e. The lowest BCUT2D eigenvalue weighted by Gasteiger charge is -2.21. The van der Waals surface area contributed by atoms with Gasteiger partial charge in [0, 0.05) is 37.2 Å². The molecule has 1 N–H and O–H groups in total. The van der Waals surface area contributed by atoms with Crippen molar-refractivity contribution < 1.29 is 4.74 Å². The summed E-state index contributed by atoms with van der Waals surface area (Å²) in [5.41, 5.74) is 0. The number of nitrogens with zero attached hydrogens (tertiary/aromatic N) is 4. The van der Waals surface area contributed by atoms with Crippen molar-refractivity contribution in [2.24, 2.45) is 0 Å². The molecule has 0 aromatic carbocycles. The average molecular weight is 311 g/mol. The van der Waals surface area contributed by atoms with E-state index in [2.05, 4.69) is 15.5 Å². The lowest BCUT2D eigenvalue weighted by Crippen LogP contribution is -2.30. The maximum absolute atomic E-state index is 5.42. The van der Waals surface area contributed by atoms with Gasteiger partial charge in [-0.3, -0.25) is 0 Å². The highest BCUT2D eigenvalue weighted by molar-refractivity contribution is 7.99. The first kappa shape index (κ1) is 13.0. The van der Waals surface area contributed by atoms with Crippen LogP contribution in [0.5, 0.6) is 0 Å². The lowest BCUT2D eigenvalue weighted by molar-refractivity contribution is 0.0831. The van der Waals surface area contributed by atoms with Gasteiger partial charge in [0.05, 0.1) is 6.04 Å². The molecule has 6 nitrogen and oxygen atoms in total. The number of rotatable bonds is 2. The molecule has 0 aliphatic carbocycles. The van der Waals surface area contributed by atoms with Crippen LogP contribution < -0.4 is 5.32 Å². The third-order valence-corrected chi connectivity index (χ3v) is 5.91. The Morgan fingerprint density at radius 1 is 1.25 bits per heavy atom. The van der Waals surface area contributed by atoms with Crippen molar-refractivity contribution in [2.75, 3.05) is 31.3 Å². The summed E-state index contributed by atoms with van der Waals surface area (Å²) in [5.74, 6) is 3.72. The van der Waals surface area contributed by atoms with Crippen molar-refractivity contribution in [1.29, 1.82) is 0 Å². The predicted molar refractivity (Wildman–Crippen MR) is 79.5 cm³/mol. The third kappa shape index (κ3) is 2.34. The molecule has 8 heteroatoms. The van der Waals surface area contributed by atoms with Crippen molar-refractivity contribution >= 4 is 28.1 Å². The van der Waals surface area contributed by atoms with Gasteiger partial charge >= 0.3 is 0 Å². The molecule has 2 aliphatic rings. The summed E-state index contributed by atoms with van der Waals surface area (Å²) in [6, 6.07) is 0.364. The van der Waals surface area contributed by atoms with Crippen LogP contribution in [0.25, 0.3) is 4.96 Å². The highest BCUT2D eigenvalue weighted by atomic mass is 32.2. The number of ether oxygens (including phenoxy) is 1. The second kappa shape index (κ2) is 5.59. The molecule has 4 heterocycles. The maximum Gasteiger partial charge on any atom is 0.234 e. The summed E-state index contributed by atoms with van der Waals surface area (Å²) in [6.45, 7) is 2.69. The zero-order chi connectivity index (χ0) is 13.4. The van der Waals surface area contributed by atoms with Crippen LogP contribution in [0.2, 0.25) is 0 Å². The number of hydrogen-bond acceptors (Lipinski definition) is 7. The average Bonchev–Trinajstić information content (AvgIpc) is 3.09. The van der Waals surface area contributed by atoms with E-state index in [4.69, 9.17) is 9.84 Å². The number of fused-ring (bicyclic) bond motifs is 1. The lowest BCUT2D eigenvalue weighted by atomic mass is 10.00. The molecule has 2 aliphatic heterocycles. The number of nitrogens with one attached hydrogen (secondary N) is 1. The van der Waals surface area contributed by atoms with E-state index in [0.717, 1.165) is 54.1 Å². The second-order valence-corrected chi connectivity index (χ2v) is 7.30. The fourth-order valence-corrected chi connectivity index (χ4v) is 4.69. The van der Waals surface area contributed by atoms with Gasteiger partial charge in [-0.1, -0.05) is 11.3 Å². The van der Waals surface area contributed by atoms with Gasteiger partial charge < -0.3 is 10.1 Å². The molecule has 1 unspecified atom stereocenters. The number of thioether (sulfide) groups is 1. The molecule has 0 radical (unpaired) electrons. The second-order valence-electron chi connectivity index (χ2n) is 5.16. The number of hydrogen-bond donors (Lipinski definition) is 1. The van der Waals surface area contributed by atoms with E-state index in [1.807, 2.05) is 16.3 Å². The Bertz CT molecular complexity index is 586. The Kier molecular flexibility index (Phi) is 3.63.